The van der Waals surface area contributed by atoms with E-state index in [-0.39, 0.29) is 0 Å². The number of nitrogens with zero attached hydrogens (tertiary/aromatic N) is 4. The molecule has 102 valence electrons. The topological polar surface area (TPSA) is 35.2 Å². The van der Waals surface area contributed by atoms with Gasteiger partial charge in [0.15, 0.2) is 4.77 Å². The van der Waals surface area contributed by atoms with Gasteiger partial charge in [-0.25, -0.2) is 4.68 Å². The molecule has 0 bridgehead atoms. The first kappa shape index (κ1) is 13.8. The Kier molecular flexibility index (Phi) is 4.70. The summed E-state index contributed by atoms with van der Waals surface area (Å²) in [6, 6.07) is 9.81. The van der Waals surface area contributed by atoms with E-state index in [4.69, 9.17) is 17.0 Å². The third kappa shape index (κ3) is 3.90. The summed E-state index contributed by atoms with van der Waals surface area (Å²) in [6.07, 6.45) is 1.72. The summed E-state index contributed by atoms with van der Waals surface area (Å²) in [4.78, 5) is 2.12. The summed E-state index contributed by atoms with van der Waals surface area (Å²) in [5.74, 6) is 0.894. The number of aromatic nitrogens is 3. The van der Waals surface area contributed by atoms with Crippen LogP contribution in [-0.4, -0.2) is 39.4 Å². The molecule has 2 aromatic rings. The van der Waals surface area contributed by atoms with Crippen molar-refractivity contribution in [3.8, 4) is 5.75 Å². The van der Waals surface area contributed by atoms with Gasteiger partial charge in [-0.15, -0.1) is 0 Å². The highest BCUT2D eigenvalue weighted by molar-refractivity contribution is 7.71. The molecule has 0 saturated carbocycles. The van der Waals surface area contributed by atoms with Crippen LogP contribution in [0.2, 0.25) is 0 Å². The van der Waals surface area contributed by atoms with Crippen LogP contribution in [0.4, 0.5) is 0 Å². The highest BCUT2D eigenvalue weighted by atomic mass is 32.1. The van der Waals surface area contributed by atoms with Crippen molar-refractivity contribution in [3.05, 3.63) is 41.4 Å². The first-order valence-corrected chi connectivity index (χ1v) is 6.52. The van der Waals surface area contributed by atoms with Gasteiger partial charge in [-0.1, -0.05) is 18.2 Å². The zero-order valence-corrected chi connectivity index (χ0v) is 12.0. The highest BCUT2D eigenvalue weighted by Crippen LogP contribution is 2.07. The predicted molar refractivity (Wildman–Crippen MR) is 76.6 cm³/mol. The maximum absolute atomic E-state index is 5.65. The predicted octanol–water partition coefficient (Wildman–Crippen LogP) is 1.92. The average molecular weight is 278 g/mol. The number of para-hydroxylation sites is 1. The van der Waals surface area contributed by atoms with E-state index in [9.17, 15) is 0 Å². The molecule has 1 heterocycles. The number of ether oxygens (including phenoxy) is 1. The minimum absolute atomic E-state index is 0.640. The van der Waals surface area contributed by atoms with Gasteiger partial charge < -0.3 is 9.30 Å². The third-order valence-corrected chi connectivity index (χ3v) is 3.25. The second kappa shape index (κ2) is 6.49. The van der Waals surface area contributed by atoms with Gasteiger partial charge >= 0.3 is 0 Å². The van der Waals surface area contributed by atoms with E-state index in [2.05, 4.69) is 10.00 Å². The Morgan fingerprint density at radius 3 is 2.68 bits per heavy atom. The first-order valence-electron chi connectivity index (χ1n) is 6.11. The molecular weight excluding hydrogens is 260 g/mol. The van der Waals surface area contributed by atoms with Crippen molar-refractivity contribution in [2.75, 3.05) is 20.2 Å². The van der Waals surface area contributed by atoms with Gasteiger partial charge in [0.2, 0.25) is 0 Å². The zero-order valence-electron chi connectivity index (χ0n) is 11.2. The van der Waals surface area contributed by atoms with E-state index in [1.807, 2.05) is 49.0 Å². The molecule has 2 rings (SSSR count). The quantitative estimate of drug-likeness (QED) is 0.756. The second-order valence-electron chi connectivity index (χ2n) is 4.41. The van der Waals surface area contributed by atoms with Crippen LogP contribution in [0, 0.1) is 4.77 Å². The SMILES string of the molecule is CN(CCOc1ccccc1)Cn1ncn(C)c1=S. The van der Waals surface area contributed by atoms with Crippen molar-refractivity contribution in [1.82, 2.24) is 19.2 Å². The molecule has 0 aliphatic carbocycles. The summed E-state index contributed by atoms with van der Waals surface area (Å²) in [5.41, 5.74) is 0. The lowest BCUT2D eigenvalue weighted by molar-refractivity contribution is 0.197. The molecule has 1 aromatic carbocycles. The molecule has 0 aliphatic rings. The Morgan fingerprint density at radius 1 is 1.32 bits per heavy atom. The normalized spacial score (nSPS) is 10.9. The van der Waals surface area contributed by atoms with Crippen LogP contribution < -0.4 is 4.74 Å². The fourth-order valence-corrected chi connectivity index (χ4v) is 1.81. The molecule has 0 N–H and O–H groups in total. The Labute approximate surface area is 118 Å². The Balaban J connectivity index is 1.77. The highest BCUT2D eigenvalue weighted by Gasteiger charge is 2.03. The van der Waals surface area contributed by atoms with Gasteiger partial charge in [-0.3, -0.25) is 4.90 Å². The van der Waals surface area contributed by atoms with Crippen LogP contribution >= 0.6 is 12.2 Å². The van der Waals surface area contributed by atoms with Gasteiger partial charge in [0.05, 0.1) is 6.67 Å². The maximum atomic E-state index is 5.65. The molecule has 0 amide bonds. The molecular formula is C13H18N4OS. The molecule has 0 fully saturated rings. The largest absolute Gasteiger partial charge is 0.492 e. The molecule has 19 heavy (non-hydrogen) atoms. The summed E-state index contributed by atoms with van der Waals surface area (Å²) < 4.78 is 9.98. The van der Waals surface area contributed by atoms with Crippen LogP contribution in [0.25, 0.3) is 0 Å². The first-order chi connectivity index (χ1) is 9.16. The fourth-order valence-electron chi connectivity index (χ4n) is 1.65. The monoisotopic (exact) mass is 278 g/mol. The van der Waals surface area contributed by atoms with E-state index >= 15 is 0 Å². The summed E-state index contributed by atoms with van der Waals surface area (Å²) in [5, 5.41) is 4.21. The molecule has 0 atom stereocenters. The van der Waals surface area contributed by atoms with E-state index in [0.717, 1.165) is 17.1 Å². The molecule has 0 saturated heterocycles. The molecule has 5 nitrogen and oxygen atoms in total. The van der Waals surface area contributed by atoms with Crippen molar-refractivity contribution < 1.29 is 4.74 Å². The maximum Gasteiger partial charge on any atom is 0.198 e. The number of hydrogen-bond donors (Lipinski definition) is 0. The van der Waals surface area contributed by atoms with Crippen LogP contribution in [-0.2, 0) is 13.7 Å². The minimum Gasteiger partial charge on any atom is -0.492 e. The van der Waals surface area contributed by atoms with E-state index < -0.39 is 0 Å². The lowest BCUT2D eigenvalue weighted by Gasteiger charge is -2.16. The molecule has 0 spiro atoms. The molecule has 1 aromatic heterocycles. The smallest absolute Gasteiger partial charge is 0.198 e. The van der Waals surface area contributed by atoms with Gasteiger partial charge in [0.1, 0.15) is 18.7 Å². The van der Waals surface area contributed by atoms with E-state index in [1.165, 1.54) is 0 Å². The zero-order chi connectivity index (χ0) is 13.7. The minimum atomic E-state index is 0.640. The lowest BCUT2D eigenvalue weighted by Crippen LogP contribution is -2.27. The van der Waals surface area contributed by atoms with Crippen LogP contribution in [0.15, 0.2) is 36.7 Å². The number of likely N-dealkylation sites (N-methyl/N-ethyl adjacent to an activating group) is 1. The van der Waals surface area contributed by atoms with Crippen LogP contribution in [0.3, 0.4) is 0 Å². The summed E-state index contributed by atoms with van der Waals surface area (Å²) >= 11 is 5.24. The molecule has 0 radical (unpaired) electrons. The number of hydrogen-bond acceptors (Lipinski definition) is 4. The van der Waals surface area contributed by atoms with Crippen molar-refractivity contribution in [1.29, 1.82) is 0 Å². The van der Waals surface area contributed by atoms with Gasteiger partial charge in [-0.05, 0) is 31.4 Å². The Bertz CT molecular complexity index is 564. The van der Waals surface area contributed by atoms with Crippen LogP contribution in [0.5, 0.6) is 5.75 Å². The van der Waals surface area contributed by atoms with Crippen molar-refractivity contribution >= 4 is 12.2 Å². The van der Waals surface area contributed by atoms with E-state index in [1.54, 1.807) is 11.0 Å². The Hall–Kier alpha value is -1.66. The molecule has 0 aliphatic heterocycles. The Morgan fingerprint density at radius 2 is 2.05 bits per heavy atom. The van der Waals surface area contributed by atoms with E-state index in [0.29, 0.717) is 13.3 Å². The standard InChI is InChI=1S/C13H18N4OS/c1-15(11-17-13(19)16(2)10-14-17)8-9-18-12-6-4-3-5-7-12/h3-7,10H,8-9,11H2,1-2H3. The summed E-state index contributed by atoms with van der Waals surface area (Å²) in [7, 11) is 3.91. The number of aryl methyl sites for hydroxylation is 1. The second-order valence-corrected chi connectivity index (χ2v) is 4.77. The third-order valence-electron chi connectivity index (χ3n) is 2.75. The molecule has 0 unspecified atom stereocenters. The van der Waals surface area contributed by atoms with Crippen molar-refractivity contribution in [2.24, 2.45) is 7.05 Å². The average Bonchev–Trinajstić information content (AvgIpc) is 2.72. The van der Waals surface area contributed by atoms with Gasteiger partial charge in [0, 0.05) is 13.6 Å². The lowest BCUT2D eigenvalue weighted by atomic mass is 10.3. The fraction of sp³-hybridized carbons (Fsp3) is 0.385. The summed E-state index contributed by atoms with van der Waals surface area (Å²) in [6.45, 7) is 2.12. The van der Waals surface area contributed by atoms with Gasteiger partial charge in [0.25, 0.3) is 0 Å². The van der Waals surface area contributed by atoms with Crippen molar-refractivity contribution in [2.45, 2.75) is 6.67 Å². The number of benzene rings is 1. The molecule has 6 heteroatoms. The van der Waals surface area contributed by atoms with Crippen molar-refractivity contribution in [3.63, 3.8) is 0 Å². The van der Waals surface area contributed by atoms with Crippen LogP contribution in [0.1, 0.15) is 0 Å². The van der Waals surface area contributed by atoms with Gasteiger partial charge in [-0.2, -0.15) is 5.10 Å². The number of rotatable bonds is 6.